The van der Waals surface area contributed by atoms with Gasteiger partial charge in [-0.15, -0.1) is 0 Å². The summed E-state index contributed by atoms with van der Waals surface area (Å²) in [4.78, 5) is 28.9. The lowest BCUT2D eigenvalue weighted by Gasteiger charge is -2.33. The van der Waals surface area contributed by atoms with Crippen LogP contribution in [-0.2, 0) is 22.6 Å². The molecule has 0 spiro atoms. The van der Waals surface area contributed by atoms with Gasteiger partial charge in [0.2, 0.25) is 5.91 Å². The first-order valence-electron chi connectivity index (χ1n) is 12.1. The van der Waals surface area contributed by atoms with Gasteiger partial charge in [0, 0.05) is 23.0 Å². The summed E-state index contributed by atoms with van der Waals surface area (Å²) in [6.07, 6.45) is 0.397. The molecule has 1 N–H and O–H groups in total. The molecule has 5 nitrogen and oxygen atoms in total. The number of benzene rings is 3. The van der Waals surface area contributed by atoms with Crippen molar-refractivity contribution in [3.8, 4) is 5.75 Å². The summed E-state index contributed by atoms with van der Waals surface area (Å²) in [5.74, 6) is 0.234. The molecule has 0 bridgehead atoms. The Morgan fingerprint density at radius 3 is 2.25 bits per heavy atom. The number of hydrogen-bond acceptors (Lipinski definition) is 3. The second-order valence-corrected chi connectivity index (χ2v) is 11.1. The second kappa shape index (κ2) is 12.2. The summed E-state index contributed by atoms with van der Waals surface area (Å²) in [5, 5.41) is 3.08. The van der Waals surface area contributed by atoms with Crippen molar-refractivity contribution in [2.24, 2.45) is 0 Å². The van der Waals surface area contributed by atoms with Gasteiger partial charge in [0.1, 0.15) is 11.8 Å². The van der Waals surface area contributed by atoms with Crippen molar-refractivity contribution < 1.29 is 14.3 Å². The van der Waals surface area contributed by atoms with E-state index in [1.165, 1.54) is 0 Å². The average molecular weight is 552 g/mol. The molecule has 2 amide bonds. The predicted molar refractivity (Wildman–Crippen MR) is 148 cm³/mol. The summed E-state index contributed by atoms with van der Waals surface area (Å²) in [6, 6.07) is 22.8. The standard InChI is InChI=1S/C30H35BrN2O3/c1-21-11-12-22(2)27(17-21)36-20-28(34)33(19-24-13-15-25(31)16-14-24)26(29(35)32-30(3,4)5)18-23-9-7-6-8-10-23/h6-17,26H,18-20H2,1-5H3,(H,32,35)/t26-/m1/s1. The lowest BCUT2D eigenvalue weighted by molar-refractivity contribution is -0.143. The Kier molecular flexibility index (Phi) is 9.32. The van der Waals surface area contributed by atoms with E-state index in [2.05, 4.69) is 21.2 Å². The van der Waals surface area contributed by atoms with Crippen LogP contribution in [0.3, 0.4) is 0 Å². The molecule has 0 aliphatic rings. The van der Waals surface area contributed by atoms with Crippen molar-refractivity contribution in [1.29, 1.82) is 0 Å². The van der Waals surface area contributed by atoms with Gasteiger partial charge in [-0.1, -0.05) is 70.5 Å². The predicted octanol–water partition coefficient (Wildman–Crippen LogP) is 6.00. The Balaban J connectivity index is 1.94. The van der Waals surface area contributed by atoms with Crippen molar-refractivity contribution in [3.05, 3.63) is 99.5 Å². The van der Waals surface area contributed by atoms with Crippen molar-refractivity contribution in [2.45, 2.75) is 59.2 Å². The smallest absolute Gasteiger partial charge is 0.261 e. The lowest BCUT2D eigenvalue weighted by Crippen LogP contribution is -2.55. The molecule has 0 aromatic heterocycles. The van der Waals surface area contributed by atoms with Crippen LogP contribution in [0.2, 0.25) is 0 Å². The Morgan fingerprint density at radius 1 is 0.944 bits per heavy atom. The lowest BCUT2D eigenvalue weighted by atomic mass is 10.0. The van der Waals surface area contributed by atoms with E-state index < -0.39 is 11.6 Å². The topological polar surface area (TPSA) is 58.6 Å². The van der Waals surface area contributed by atoms with Gasteiger partial charge in [-0.05, 0) is 75.1 Å². The van der Waals surface area contributed by atoms with Crippen molar-refractivity contribution in [1.82, 2.24) is 10.2 Å². The van der Waals surface area contributed by atoms with Gasteiger partial charge in [-0.3, -0.25) is 9.59 Å². The maximum Gasteiger partial charge on any atom is 0.261 e. The maximum atomic E-state index is 13.7. The number of nitrogens with one attached hydrogen (secondary N) is 1. The van der Waals surface area contributed by atoms with Crippen LogP contribution in [0, 0.1) is 13.8 Å². The van der Waals surface area contributed by atoms with E-state index in [1.807, 2.05) is 107 Å². The van der Waals surface area contributed by atoms with Gasteiger partial charge in [0.15, 0.2) is 6.61 Å². The second-order valence-electron chi connectivity index (χ2n) is 10.2. The highest BCUT2D eigenvalue weighted by Crippen LogP contribution is 2.21. The number of rotatable bonds is 9. The number of halogens is 1. The fraction of sp³-hybridized carbons (Fsp3) is 0.333. The van der Waals surface area contributed by atoms with Crippen LogP contribution in [0.5, 0.6) is 5.75 Å². The van der Waals surface area contributed by atoms with Gasteiger partial charge in [0.05, 0.1) is 0 Å². The van der Waals surface area contributed by atoms with Gasteiger partial charge in [0.25, 0.3) is 5.91 Å². The number of carbonyl (C=O) groups excluding carboxylic acids is 2. The van der Waals surface area contributed by atoms with Crippen LogP contribution in [0.4, 0.5) is 0 Å². The Hall–Kier alpha value is -3.12. The first-order chi connectivity index (χ1) is 17.0. The molecule has 0 aliphatic carbocycles. The quantitative estimate of drug-likeness (QED) is 0.355. The third-order valence-electron chi connectivity index (χ3n) is 5.73. The van der Waals surface area contributed by atoms with E-state index in [9.17, 15) is 9.59 Å². The Labute approximate surface area is 223 Å². The zero-order valence-corrected chi connectivity index (χ0v) is 23.3. The third kappa shape index (κ3) is 8.23. The SMILES string of the molecule is Cc1ccc(C)c(OCC(=O)N(Cc2ccc(Br)cc2)[C@H](Cc2ccccc2)C(=O)NC(C)(C)C)c1. The molecule has 0 unspecified atom stereocenters. The van der Waals surface area contributed by atoms with Crippen LogP contribution >= 0.6 is 15.9 Å². The van der Waals surface area contributed by atoms with Gasteiger partial charge < -0.3 is 15.0 Å². The molecule has 0 saturated heterocycles. The molecule has 1 atom stereocenters. The summed E-state index contributed by atoms with van der Waals surface area (Å²) in [7, 11) is 0. The van der Waals surface area contributed by atoms with Crippen molar-refractivity contribution in [3.63, 3.8) is 0 Å². The minimum Gasteiger partial charge on any atom is -0.483 e. The number of carbonyl (C=O) groups is 2. The molecule has 3 aromatic carbocycles. The molecule has 190 valence electrons. The average Bonchev–Trinajstić information content (AvgIpc) is 2.82. The van der Waals surface area contributed by atoms with Gasteiger partial charge in [-0.2, -0.15) is 0 Å². The largest absolute Gasteiger partial charge is 0.483 e. The fourth-order valence-electron chi connectivity index (χ4n) is 3.88. The number of amides is 2. The van der Waals surface area contributed by atoms with Crippen LogP contribution in [0.25, 0.3) is 0 Å². The summed E-state index contributed by atoms with van der Waals surface area (Å²) in [5.41, 5.74) is 3.49. The minimum atomic E-state index is -0.704. The molecule has 0 saturated carbocycles. The highest BCUT2D eigenvalue weighted by Gasteiger charge is 2.32. The van der Waals surface area contributed by atoms with Crippen LogP contribution in [0.15, 0.2) is 77.3 Å². The third-order valence-corrected chi connectivity index (χ3v) is 6.26. The highest BCUT2D eigenvalue weighted by molar-refractivity contribution is 9.10. The number of hydrogen-bond donors (Lipinski definition) is 1. The highest BCUT2D eigenvalue weighted by atomic mass is 79.9. The molecule has 3 rings (SSSR count). The molecule has 0 fully saturated rings. The molecule has 36 heavy (non-hydrogen) atoms. The maximum absolute atomic E-state index is 13.7. The zero-order valence-electron chi connectivity index (χ0n) is 21.7. The molecule has 0 aliphatic heterocycles. The van der Waals surface area contributed by atoms with E-state index in [0.29, 0.717) is 12.2 Å². The van der Waals surface area contributed by atoms with Crippen LogP contribution in [-0.4, -0.2) is 34.9 Å². The first kappa shape index (κ1) is 27.5. The zero-order chi connectivity index (χ0) is 26.3. The number of aryl methyl sites for hydroxylation is 2. The van der Waals surface area contributed by atoms with E-state index in [-0.39, 0.29) is 25.0 Å². The normalized spacial score (nSPS) is 12.1. The monoisotopic (exact) mass is 550 g/mol. The minimum absolute atomic E-state index is 0.158. The molecular formula is C30H35BrN2O3. The van der Waals surface area contributed by atoms with Gasteiger partial charge >= 0.3 is 0 Å². The summed E-state index contributed by atoms with van der Waals surface area (Å²) >= 11 is 3.47. The molecule has 3 aromatic rings. The Morgan fingerprint density at radius 2 is 1.61 bits per heavy atom. The molecule has 6 heteroatoms. The summed E-state index contributed by atoms with van der Waals surface area (Å²) in [6.45, 7) is 9.89. The Bertz CT molecular complexity index is 1170. The van der Waals surface area contributed by atoms with Crippen LogP contribution < -0.4 is 10.1 Å². The first-order valence-corrected chi connectivity index (χ1v) is 12.9. The number of ether oxygens (including phenoxy) is 1. The molecule has 0 radical (unpaired) electrons. The molecular weight excluding hydrogens is 516 g/mol. The van der Waals surface area contributed by atoms with Crippen LogP contribution in [0.1, 0.15) is 43.0 Å². The molecule has 0 heterocycles. The summed E-state index contributed by atoms with van der Waals surface area (Å²) < 4.78 is 6.92. The van der Waals surface area contributed by atoms with E-state index in [0.717, 1.165) is 26.7 Å². The van der Waals surface area contributed by atoms with Crippen molar-refractivity contribution in [2.75, 3.05) is 6.61 Å². The van der Waals surface area contributed by atoms with Gasteiger partial charge in [-0.25, -0.2) is 0 Å². The number of nitrogens with zero attached hydrogens (tertiary/aromatic N) is 1. The van der Waals surface area contributed by atoms with E-state index in [4.69, 9.17) is 4.74 Å². The fourth-order valence-corrected chi connectivity index (χ4v) is 4.14. The van der Waals surface area contributed by atoms with E-state index in [1.54, 1.807) is 4.90 Å². The van der Waals surface area contributed by atoms with E-state index >= 15 is 0 Å². The van der Waals surface area contributed by atoms with Crippen molar-refractivity contribution >= 4 is 27.7 Å².